The zero-order valence-electron chi connectivity index (χ0n) is 10.7. The molecule has 1 saturated carbocycles. The van der Waals surface area contributed by atoms with Gasteiger partial charge in [-0.2, -0.15) is 0 Å². The molecule has 0 aromatic rings. The summed E-state index contributed by atoms with van der Waals surface area (Å²) in [6, 6.07) is 0. The average Bonchev–Trinajstić information content (AvgIpc) is 2.17. The van der Waals surface area contributed by atoms with Crippen LogP contribution in [0.2, 0.25) is 0 Å². The minimum absolute atomic E-state index is 0.256. The van der Waals surface area contributed by atoms with Crippen molar-refractivity contribution in [2.75, 3.05) is 19.6 Å². The third kappa shape index (κ3) is 6.91. The Labute approximate surface area is 95.2 Å². The van der Waals surface area contributed by atoms with Gasteiger partial charge in [0.05, 0.1) is 0 Å². The first-order valence-corrected chi connectivity index (χ1v) is 6.54. The van der Waals surface area contributed by atoms with E-state index in [-0.39, 0.29) is 5.54 Å². The maximum atomic E-state index is 3.57. The van der Waals surface area contributed by atoms with Crippen LogP contribution >= 0.6 is 0 Å². The predicted octanol–water partition coefficient (Wildman–Crippen LogP) is 2.54. The van der Waals surface area contributed by atoms with E-state index in [1.807, 2.05) is 0 Å². The molecule has 0 atom stereocenters. The molecular weight excluding hydrogens is 184 g/mol. The van der Waals surface area contributed by atoms with Crippen molar-refractivity contribution in [1.82, 2.24) is 10.6 Å². The summed E-state index contributed by atoms with van der Waals surface area (Å²) < 4.78 is 0. The average molecular weight is 212 g/mol. The first kappa shape index (κ1) is 13.0. The van der Waals surface area contributed by atoms with Crippen molar-refractivity contribution in [2.45, 2.75) is 58.4 Å². The molecule has 0 aromatic heterocycles. The largest absolute Gasteiger partial charge is 0.315 e. The van der Waals surface area contributed by atoms with Crippen LogP contribution < -0.4 is 10.6 Å². The zero-order chi connectivity index (χ0) is 11.1. The molecule has 1 fully saturated rings. The summed E-state index contributed by atoms with van der Waals surface area (Å²) in [5.74, 6) is 0.952. The Morgan fingerprint density at radius 2 is 1.67 bits per heavy atom. The molecule has 0 heterocycles. The van der Waals surface area contributed by atoms with Crippen LogP contribution in [0.5, 0.6) is 0 Å². The summed E-state index contributed by atoms with van der Waals surface area (Å²) >= 11 is 0. The van der Waals surface area contributed by atoms with Crippen LogP contribution in [-0.2, 0) is 0 Å². The lowest BCUT2D eigenvalue weighted by Gasteiger charge is -2.23. The highest BCUT2D eigenvalue weighted by Crippen LogP contribution is 2.22. The number of hydrogen-bond donors (Lipinski definition) is 2. The highest BCUT2D eigenvalue weighted by molar-refractivity contribution is 4.72. The lowest BCUT2D eigenvalue weighted by Crippen LogP contribution is -2.40. The first-order valence-electron chi connectivity index (χ1n) is 6.54. The van der Waals surface area contributed by atoms with E-state index in [0.29, 0.717) is 0 Å². The van der Waals surface area contributed by atoms with E-state index < -0.39 is 0 Å². The Balaban J connectivity index is 1.92. The molecule has 2 N–H and O–H groups in total. The van der Waals surface area contributed by atoms with E-state index in [1.165, 1.54) is 38.6 Å². The minimum Gasteiger partial charge on any atom is -0.315 e. The monoisotopic (exact) mass is 212 g/mol. The molecule has 1 aliphatic rings. The fraction of sp³-hybridized carbons (Fsp3) is 1.00. The van der Waals surface area contributed by atoms with Gasteiger partial charge in [-0.05, 0) is 46.1 Å². The molecule has 1 aliphatic carbocycles. The fourth-order valence-electron chi connectivity index (χ4n) is 2.22. The van der Waals surface area contributed by atoms with E-state index in [9.17, 15) is 0 Å². The van der Waals surface area contributed by atoms with Gasteiger partial charge in [-0.15, -0.1) is 0 Å². The molecule has 0 spiro atoms. The quantitative estimate of drug-likeness (QED) is 0.684. The van der Waals surface area contributed by atoms with Crippen molar-refractivity contribution in [3.05, 3.63) is 0 Å². The normalized spacial score (nSPS) is 19.4. The summed E-state index contributed by atoms with van der Waals surface area (Å²) in [6.07, 6.45) is 7.25. The Morgan fingerprint density at radius 1 is 1.00 bits per heavy atom. The second-order valence-corrected chi connectivity index (χ2v) is 5.88. The van der Waals surface area contributed by atoms with Gasteiger partial charge in [-0.25, -0.2) is 0 Å². The summed E-state index contributed by atoms with van der Waals surface area (Å²) in [7, 11) is 0. The molecule has 0 radical (unpaired) electrons. The standard InChI is InChI=1S/C13H28N2/c1-13(2,3)15-10-9-14-11-12-7-5-4-6-8-12/h12,14-15H,4-11H2,1-3H3. The SMILES string of the molecule is CC(C)(C)NCCNCC1CCCCC1. The third-order valence-corrected chi connectivity index (χ3v) is 3.11. The van der Waals surface area contributed by atoms with Crippen molar-refractivity contribution in [3.63, 3.8) is 0 Å². The van der Waals surface area contributed by atoms with E-state index in [4.69, 9.17) is 0 Å². The van der Waals surface area contributed by atoms with Crippen molar-refractivity contribution < 1.29 is 0 Å². The Kier molecular flexibility index (Phi) is 5.62. The molecule has 0 bridgehead atoms. The lowest BCUT2D eigenvalue weighted by atomic mass is 9.89. The van der Waals surface area contributed by atoms with Crippen LogP contribution in [0, 0.1) is 5.92 Å². The van der Waals surface area contributed by atoms with Crippen LogP contribution in [0.25, 0.3) is 0 Å². The van der Waals surface area contributed by atoms with E-state index in [2.05, 4.69) is 31.4 Å². The van der Waals surface area contributed by atoms with Gasteiger partial charge in [-0.3, -0.25) is 0 Å². The van der Waals surface area contributed by atoms with E-state index in [1.54, 1.807) is 0 Å². The highest BCUT2D eigenvalue weighted by atomic mass is 15.0. The molecule has 2 nitrogen and oxygen atoms in total. The molecule has 0 aliphatic heterocycles. The van der Waals surface area contributed by atoms with Crippen molar-refractivity contribution in [1.29, 1.82) is 0 Å². The minimum atomic E-state index is 0.256. The summed E-state index contributed by atoms with van der Waals surface area (Å²) in [5.41, 5.74) is 0.256. The number of nitrogens with one attached hydrogen (secondary N) is 2. The number of hydrogen-bond acceptors (Lipinski definition) is 2. The molecule has 0 saturated heterocycles. The van der Waals surface area contributed by atoms with Crippen LogP contribution in [0.4, 0.5) is 0 Å². The Morgan fingerprint density at radius 3 is 2.27 bits per heavy atom. The lowest BCUT2D eigenvalue weighted by molar-refractivity contribution is 0.338. The van der Waals surface area contributed by atoms with Gasteiger partial charge >= 0.3 is 0 Å². The molecule has 1 rings (SSSR count). The maximum absolute atomic E-state index is 3.57. The molecule has 0 aromatic carbocycles. The second kappa shape index (κ2) is 6.49. The molecule has 15 heavy (non-hydrogen) atoms. The smallest absolute Gasteiger partial charge is 0.00970 e. The summed E-state index contributed by atoms with van der Waals surface area (Å²) in [6.45, 7) is 10.1. The van der Waals surface area contributed by atoms with Gasteiger partial charge in [0, 0.05) is 18.6 Å². The summed E-state index contributed by atoms with van der Waals surface area (Å²) in [5, 5.41) is 7.06. The van der Waals surface area contributed by atoms with Gasteiger partial charge in [0.15, 0.2) is 0 Å². The van der Waals surface area contributed by atoms with Crippen LogP contribution in [0.1, 0.15) is 52.9 Å². The molecule has 0 unspecified atom stereocenters. The molecular formula is C13H28N2. The van der Waals surface area contributed by atoms with Crippen molar-refractivity contribution in [3.8, 4) is 0 Å². The maximum Gasteiger partial charge on any atom is 0.00970 e. The van der Waals surface area contributed by atoms with E-state index in [0.717, 1.165) is 19.0 Å². The fourth-order valence-corrected chi connectivity index (χ4v) is 2.22. The predicted molar refractivity (Wildman–Crippen MR) is 67.2 cm³/mol. The number of rotatable bonds is 5. The van der Waals surface area contributed by atoms with Crippen molar-refractivity contribution in [2.24, 2.45) is 5.92 Å². The van der Waals surface area contributed by atoms with Gasteiger partial charge in [0.25, 0.3) is 0 Å². The van der Waals surface area contributed by atoms with Gasteiger partial charge in [0.1, 0.15) is 0 Å². The first-order chi connectivity index (χ1) is 7.08. The van der Waals surface area contributed by atoms with Crippen molar-refractivity contribution >= 4 is 0 Å². The Bertz CT molecular complexity index is 154. The topological polar surface area (TPSA) is 24.1 Å². The van der Waals surface area contributed by atoms with E-state index >= 15 is 0 Å². The van der Waals surface area contributed by atoms with Crippen LogP contribution in [0.15, 0.2) is 0 Å². The second-order valence-electron chi connectivity index (χ2n) is 5.88. The van der Waals surface area contributed by atoms with Gasteiger partial charge < -0.3 is 10.6 Å². The molecule has 0 amide bonds. The molecule has 2 heteroatoms. The van der Waals surface area contributed by atoms with Crippen LogP contribution in [0.3, 0.4) is 0 Å². The van der Waals surface area contributed by atoms with Gasteiger partial charge in [-0.1, -0.05) is 19.3 Å². The van der Waals surface area contributed by atoms with Gasteiger partial charge in [0.2, 0.25) is 0 Å². The summed E-state index contributed by atoms with van der Waals surface area (Å²) in [4.78, 5) is 0. The zero-order valence-corrected chi connectivity index (χ0v) is 10.7. The molecule has 90 valence electrons. The Hall–Kier alpha value is -0.0800. The third-order valence-electron chi connectivity index (χ3n) is 3.11. The van der Waals surface area contributed by atoms with Crippen LogP contribution in [-0.4, -0.2) is 25.2 Å². The highest BCUT2D eigenvalue weighted by Gasteiger charge is 2.12.